The van der Waals surface area contributed by atoms with E-state index >= 15 is 0 Å². The topological polar surface area (TPSA) is 367 Å². The van der Waals surface area contributed by atoms with E-state index in [0.29, 0.717) is 52.1 Å². The van der Waals surface area contributed by atoms with Crippen molar-refractivity contribution in [1.82, 2.24) is 0 Å². The Balaban J connectivity index is -0.000000293. The molecule has 0 aliphatic carbocycles. The van der Waals surface area contributed by atoms with E-state index in [0.717, 1.165) is 64.2 Å². The van der Waals surface area contributed by atoms with Crippen molar-refractivity contribution in [2.75, 3.05) is 32.8 Å². The Morgan fingerprint density at radius 3 is 0.789 bits per heavy atom. The zero-order chi connectivity index (χ0) is 58.4. The molecule has 0 heterocycles. The third-order valence-corrected chi connectivity index (χ3v) is 13.4. The van der Waals surface area contributed by atoms with Gasteiger partial charge in [-0.1, -0.05) is 173 Å². The van der Waals surface area contributed by atoms with Crippen LogP contribution >= 0.6 is 13.4 Å². The number of aliphatic carboxylic acids is 3. The molecule has 0 spiro atoms. The molecule has 0 saturated carbocycles. The number of rotatable bonds is 49. The van der Waals surface area contributed by atoms with E-state index in [1.54, 1.807) is 0 Å². The highest BCUT2D eigenvalue weighted by Gasteiger charge is 2.11. The van der Waals surface area contributed by atoms with Gasteiger partial charge in [-0.05, 0) is 146 Å². The molecule has 0 aliphatic rings. The normalized spacial score (nSPS) is 12.6. The first kappa shape index (κ1) is 83.5. The highest BCUT2D eigenvalue weighted by Crippen LogP contribution is 2.37. The standard InChI is InChI=1S/2C18H37O3PS.3C6H14N2O2/c2*1-2-3-4-5-6-7-8-9-10-11-12-13-14-15-16-17-18-21-22(19,20)23;3*7-4-2-1-3-5(8)6(9)10/h2*9-10H,2-8,11-18H2,1H3,(H2,19,20,23);3*5H,1-4,7-8H2,(H,9,10)/b2*10-9-;;;/t;;3*5-/m..000/s1. The molecule has 19 N–H and O–H groups in total. The number of allylic oxidation sites excluding steroid dienone is 4. The Labute approximate surface area is 472 Å². The smallest absolute Gasteiger partial charge is 0.321 e. The van der Waals surface area contributed by atoms with Crippen LogP contribution in [-0.4, -0.2) is 104 Å². The van der Waals surface area contributed by atoms with Crippen LogP contribution in [0.5, 0.6) is 0 Å². The van der Waals surface area contributed by atoms with Crippen molar-refractivity contribution in [3.63, 3.8) is 0 Å². The predicted octanol–water partition coefficient (Wildman–Crippen LogP) is 11.1. The van der Waals surface area contributed by atoms with E-state index < -0.39 is 49.5 Å². The Morgan fingerprint density at radius 2 is 0.592 bits per heavy atom. The Morgan fingerprint density at radius 1 is 0.382 bits per heavy atom. The quantitative estimate of drug-likeness (QED) is 0.0153. The summed E-state index contributed by atoms with van der Waals surface area (Å²) in [5.41, 5.74) is 31.3. The summed E-state index contributed by atoms with van der Waals surface area (Å²) in [6.07, 6.45) is 51.1. The van der Waals surface area contributed by atoms with Gasteiger partial charge in [0.2, 0.25) is 0 Å². The molecule has 0 saturated heterocycles. The number of hydrogen-bond donors (Lipinski definition) is 13. The molecule has 0 aromatic heterocycles. The average molecular weight is 1170 g/mol. The molecule has 456 valence electrons. The number of nitrogens with two attached hydrogens (primary N) is 6. The first-order valence-electron chi connectivity index (χ1n) is 28.9. The predicted molar refractivity (Wildman–Crippen MR) is 324 cm³/mol. The fourth-order valence-electron chi connectivity index (χ4n) is 6.96. The first-order chi connectivity index (χ1) is 36.2. The monoisotopic (exact) mass is 1170 g/mol. The van der Waals surface area contributed by atoms with Crippen LogP contribution in [0, 0.1) is 0 Å². The summed E-state index contributed by atoms with van der Waals surface area (Å²) in [5, 5.41) is 25.0. The molecule has 0 fully saturated rings. The van der Waals surface area contributed by atoms with Gasteiger partial charge in [0.1, 0.15) is 18.1 Å². The second-order valence-electron chi connectivity index (χ2n) is 19.2. The molecule has 0 aromatic carbocycles. The number of hydrogen-bond acceptors (Lipinski definition) is 13. The third kappa shape index (κ3) is 86.6. The van der Waals surface area contributed by atoms with Gasteiger partial charge in [-0.3, -0.25) is 14.4 Å². The third-order valence-electron chi connectivity index (χ3n) is 11.7. The lowest BCUT2D eigenvalue weighted by Crippen LogP contribution is -2.29. The van der Waals surface area contributed by atoms with Gasteiger partial charge in [0.15, 0.2) is 0 Å². The van der Waals surface area contributed by atoms with Crippen molar-refractivity contribution in [2.45, 2.75) is 270 Å². The van der Waals surface area contributed by atoms with Crippen molar-refractivity contribution >= 4 is 55.0 Å². The number of carboxylic acid groups (broad SMARTS) is 3. The highest BCUT2D eigenvalue weighted by atomic mass is 32.5. The summed E-state index contributed by atoms with van der Waals surface area (Å²) < 4.78 is 9.55. The molecule has 0 aliphatic heterocycles. The van der Waals surface area contributed by atoms with Crippen LogP contribution < -0.4 is 34.4 Å². The van der Waals surface area contributed by atoms with Crippen molar-refractivity contribution in [3.05, 3.63) is 24.3 Å². The van der Waals surface area contributed by atoms with Gasteiger partial charge in [0.05, 0.1) is 13.2 Å². The van der Waals surface area contributed by atoms with Crippen LogP contribution in [0.2, 0.25) is 0 Å². The van der Waals surface area contributed by atoms with E-state index in [1.807, 2.05) is 0 Å². The Hall–Kier alpha value is -1.29. The molecule has 0 aromatic rings. The fourth-order valence-corrected chi connectivity index (χ4v) is 8.14. The lowest BCUT2D eigenvalue weighted by Gasteiger charge is -2.07. The van der Waals surface area contributed by atoms with Gasteiger partial charge in [0, 0.05) is 0 Å². The van der Waals surface area contributed by atoms with Crippen molar-refractivity contribution in [3.8, 4) is 0 Å². The van der Waals surface area contributed by atoms with Crippen molar-refractivity contribution < 1.29 is 58.3 Å². The number of carboxylic acids is 3. The van der Waals surface area contributed by atoms with E-state index in [-0.39, 0.29) is 0 Å². The SMILES string of the molecule is CCCCCCCC/C=C\CCCCCCCCOP(O)(O)=S.CCCCCCCC/C=C\CCCCCCCCOP(O)(O)=S.NCCCC[C@H](N)C(=O)O.NCCCC[C@H](N)C(=O)O.NCCCC[C@H](N)C(=O)O. The van der Waals surface area contributed by atoms with Crippen molar-refractivity contribution in [2.24, 2.45) is 34.4 Å². The van der Waals surface area contributed by atoms with Crippen LogP contribution in [-0.2, 0) is 47.0 Å². The molecule has 0 bridgehead atoms. The lowest BCUT2D eigenvalue weighted by molar-refractivity contribution is -0.139. The van der Waals surface area contributed by atoms with E-state index in [2.05, 4.69) is 61.8 Å². The Kier molecular flexibility index (Phi) is 72.8. The minimum absolute atomic E-state index is 0.367. The summed E-state index contributed by atoms with van der Waals surface area (Å²) in [4.78, 5) is 66.0. The van der Waals surface area contributed by atoms with Crippen LogP contribution in [0.15, 0.2) is 24.3 Å². The van der Waals surface area contributed by atoms with Gasteiger partial charge in [0.25, 0.3) is 0 Å². The van der Waals surface area contributed by atoms with Gasteiger partial charge in [-0.15, -0.1) is 0 Å². The van der Waals surface area contributed by atoms with Crippen LogP contribution in [0.25, 0.3) is 0 Å². The molecule has 3 atom stereocenters. The summed E-state index contributed by atoms with van der Waals surface area (Å²) >= 11 is 8.78. The van der Waals surface area contributed by atoms with Gasteiger partial charge < -0.3 is 78.3 Å². The molecular weight excluding hydrogens is 1050 g/mol. The average Bonchev–Trinajstić information content (AvgIpc) is 3.36. The molecular formula is C54H116N6O12P2S2. The largest absolute Gasteiger partial charge is 0.480 e. The minimum Gasteiger partial charge on any atom is -0.480 e. The summed E-state index contributed by atoms with van der Waals surface area (Å²) in [6, 6.07) is -2.15. The van der Waals surface area contributed by atoms with E-state index in [4.69, 9.17) is 78.3 Å². The summed E-state index contributed by atoms with van der Waals surface area (Å²) in [6.45, 7) is 0.206. The first-order valence-corrected chi connectivity index (χ1v) is 34.2. The maximum Gasteiger partial charge on any atom is 0.321 e. The lowest BCUT2D eigenvalue weighted by atomic mass is 10.1. The molecule has 76 heavy (non-hydrogen) atoms. The van der Waals surface area contributed by atoms with E-state index in [1.165, 1.54) is 154 Å². The van der Waals surface area contributed by atoms with Crippen LogP contribution in [0.3, 0.4) is 0 Å². The molecule has 0 radical (unpaired) electrons. The molecule has 0 amide bonds. The van der Waals surface area contributed by atoms with Gasteiger partial charge >= 0.3 is 31.3 Å². The molecule has 22 heteroatoms. The zero-order valence-corrected chi connectivity index (χ0v) is 51.0. The molecule has 18 nitrogen and oxygen atoms in total. The fraction of sp³-hybridized carbons (Fsp3) is 0.870. The minimum atomic E-state index is -3.43. The maximum absolute atomic E-state index is 10.1. The van der Waals surface area contributed by atoms with Gasteiger partial charge in [-0.25, -0.2) is 0 Å². The van der Waals surface area contributed by atoms with Gasteiger partial charge in [-0.2, -0.15) is 0 Å². The molecule has 0 unspecified atom stereocenters. The maximum atomic E-state index is 10.1. The van der Waals surface area contributed by atoms with Crippen molar-refractivity contribution in [1.29, 1.82) is 0 Å². The second kappa shape index (κ2) is 66.2. The summed E-state index contributed by atoms with van der Waals surface area (Å²) in [5.74, 6) is -2.80. The van der Waals surface area contributed by atoms with Crippen LogP contribution in [0.4, 0.5) is 0 Å². The highest BCUT2D eigenvalue weighted by molar-refractivity contribution is 8.07. The molecule has 0 rings (SSSR count). The Bertz CT molecular complexity index is 1280. The summed E-state index contributed by atoms with van der Waals surface area (Å²) in [7, 11) is 0. The van der Waals surface area contributed by atoms with Crippen LogP contribution in [0.1, 0.15) is 251 Å². The second-order valence-corrected chi connectivity index (χ2v) is 24.5. The number of carbonyl (C=O) groups is 3. The van der Waals surface area contributed by atoms with E-state index in [9.17, 15) is 14.4 Å². The zero-order valence-electron chi connectivity index (χ0n) is 47.6. The number of unbranched alkanes of at least 4 members (excludes halogenated alkanes) is 27.